The Morgan fingerprint density at radius 1 is 1.14 bits per heavy atom. The fourth-order valence-electron chi connectivity index (χ4n) is 2.23. The van der Waals surface area contributed by atoms with Crippen LogP contribution >= 0.6 is 0 Å². The highest BCUT2D eigenvalue weighted by atomic mass is 16.3. The fourth-order valence-corrected chi connectivity index (χ4v) is 2.23. The molecule has 110 valence electrons. The van der Waals surface area contributed by atoms with E-state index in [0.29, 0.717) is 23.1 Å². The molecule has 0 aliphatic rings. The number of hydrogen-bond acceptors (Lipinski definition) is 4. The molecule has 4 nitrogen and oxygen atoms in total. The summed E-state index contributed by atoms with van der Waals surface area (Å²) in [5, 5.41) is 0.508. The minimum atomic E-state index is -0.160. The summed E-state index contributed by atoms with van der Waals surface area (Å²) in [4.78, 5) is 16.7. The first-order valence-corrected chi connectivity index (χ1v) is 7.02. The lowest BCUT2D eigenvalue weighted by Gasteiger charge is -2.02. The van der Waals surface area contributed by atoms with Crippen LogP contribution < -0.4 is 11.2 Å². The van der Waals surface area contributed by atoms with E-state index in [1.54, 1.807) is 24.3 Å². The quantitative estimate of drug-likeness (QED) is 0.753. The second-order valence-corrected chi connectivity index (χ2v) is 5.16. The first kappa shape index (κ1) is 14.1. The van der Waals surface area contributed by atoms with Crippen molar-refractivity contribution in [1.29, 1.82) is 0 Å². The van der Waals surface area contributed by atoms with Gasteiger partial charge in [-0.15, -0.1) is 0 Å². The van der Waals surface area contributed by atoms with Crippen LogP contribution in [0.4, 0.5) is 5.88 Å². The van der Waals surface area contributed by atoms with Gasteiger partial charge in [0.1, 0.15) is 11.1 Å². The van der Waals surface area contributed by atoms with Crippen LogP contribution in [0.1, 0.15) is 16.7 Å². The van der Waals surface area contributed by atoms with Gasteiger partial charge >= 0.3 is 0 Å². The highest BCUT2D eigenvalue weighted by Gasteiger charge is 2.09. The maximum Gasteiger partial charge on any atom is 0.203 e. The van der Waals surface area contributed by atoms with E-state index in [2.05, 4.69) is 4.99 Å². The first-order chi connectivity index (χ1) is 10.6. The van der Waals surface area contributed by atoms with Gasteiger partial charge in [0, 0.05) is 6.21 Å². The minimum absolute atomic E-state index is 0.0938. The third-order valence-corrected chi connectivity index (χ3v) is 3.48. The lowest BCUT2D eigenvalue weighted by atomic mass is 10.1. The Balaban J connectivity index is 1.91. The Morgan fingerprint density at radius 2 is 1.86 bits per heavy atom. The van der Waals surface area contributed by atoms with E-state index in [-0.39, 0.29) is 11.3 Å². The van der Waals surface area contributed by atoms with Crippen LogP contribution in [0.5, 0.6) is 0 Å². The predicted octanol–water partition coefficient (Wildman–Crippen LogP) is 3.30. The molecule has 0 saturated carbocycles. The molecule has 0 bridgehead atoms. The number of aryl methyl sites for hydroxylation is 1. The second-order valence-electron chi connectivity index (χ2n) is 5.16. The van der Waals surface area contributed by atoms with Crippen LogP contribution in [0.2, 0.25) is 0 Å². The van der Waals surface area contributed by atoms with Gasteiger partial charge in [0.05, 0.1) is 11.9 Å². The molecule has 0 atom stereocenters. The molecule has 0 spiro atoms. The molecule has 0 aliphatic heterocycles. The van der Waals surface area contributed by atoms with Gasteiger partial charge in [-0.25, -0.2) is 0 Å². The lowest BCUT2D eigenvalue weighted by molar-refractivity contribution is 0.624. The highest BCUT2D eigenvalue weighted by molar-refractivity contribution is 5.91. The number of aliphatic imine (C=N–C) groups is 1. The van der Waals surface area contributed by atoms with Crippen molar-refractivity contribution < 1.29 is 4.42 Å². The zero-order valence-corrected chi connectivity index (χ0v) is 12.2. The molecule has 2 aromatic carbocycles. The van der Waals surface area contributed by atoms with Crippen molar-refractivity contribution in [2.45, 2.75) is 13.5 Å². The Morgan fingerprint density at radius 3 is 2.64 bits per heavy atom. The molecule has 0 aliphatic carbocycles. The zero-order chi connectivity index (χ0) is 15.5. The molecule has 0 unspecified atom stereocenters. The second kappa shape index (κ2) is 5.85. The van der Waals surface area contributed by atoms with Crippen molar-refractivity contribution in [1.82, 2.24) is 0 Å². The molecule has 0 fully saturated rings. The van der Waals surface area contributed by atoms with Gasteiger partial charge in [-0.2, -0.15) is 0 Å². The summed E-state index contributed by atoms with van der Waals surface area (Å²) in [5.41, 5.74) is 8.73. The number of nitrogen functional groups attached to an aromatic ring is 1. The van der Waals surface area contributed by atoms with Gasteiger partial charge in [0.25, 0.3) is 0 Å². The minimum Gasteiger partial charge on any atom is -0.440 e. The topological polar surface area (TPSA) is 68.6 Å². The third-order valence-electron chi connectivity index (χ3n) is 3.48. The van der Waals surface area contributed by atoms with Gasteiger partial charge in [-0.1, -0.05) is 42.0 Å². The SMILES string of the molecule is Cc1ccc(CN=Cc2c(N)oc3ccccc3c2=O)cc1. The van der Waals surface area contributed by atoms with Gasteiger partial charge in [-0.3, -0.25) is 9.79 Å². The number of nitrogens with zero attached hydrogens (tertiary/aromatic N) is 1. The van der Waals surface area contributed by atoms with Crippen molar-refractivity contribution in [2.24, 2.45) is 4.99 Å². The standard InChI is InChI=1S/C18H16N2O2/c1-12-6-8-13(9-7-12)10-20-11-15-17(21)14-4-2-3-5-16(14)22-18(15)19/h2-9,11H,10,19H2,1H3. The van der Waals surface area contributed by atoms with E-state index in [0.717, 1.165) is 5.56 Å². The summed E-state index contributed by atoms with van der Waals surface area (Å²) in [7, 11) is 0. The number of benzene rings is 2. The molecule has 0 radical (unpaired) electrons. The highest BCUT2D eigenvalue weighted by Crippen LogP contribution is 2.16. The normalized spacial score (nSPS) is 11.3. The summed E-state index contributed by atoms with van der Waals surface area (Å²) < 4.78 is 5.48. The van der Waals surface area contributed by atoms with Gasteiger partial charge in [0.2, 0.25) is 11.3 Å². The molecule has 3 rings (SSSR count). The Labute approximate surface area is 127 Å². The fraction of sp³-hybridized carbons (Fsp3) is 0.111. The first-order valence-electron chi connectivity index (χ1n) is 7.02. The summed E-state index contributed by atoms with van der Waals surface area (Å²) in [6.07, 6.45) is 1.49. The Kier molecular flexibility index (Phi) is 3.74. The molecule has 2 N–H and O–H groups in total. The maximum atomic E-state index is 12.4. The number of anilines is 1. The van der Waals surface area contributed by atoms with Crippen molar-refractivity contribution >= 4 is 23.1 Å². The van der Waals surface area contributed by atoms with Crippen LogP contribution in [0.15, 0.2) is 62.7 Å². The van der Waals surface area contributed by atoms with Gasteiger partial charge in [-0.05, 0) is 24.6 Å². The molecule has 3 aromatic rings. The van der Waals surface area contributed by atoms with Crippen molar-refractivity contribution in [3.8, 4) is 0 Å². The number of rotatable bonds is 3. The van der Waals surface area contributed by atoms with Crippen LogP contribution in [0, 0.1) is 6.92 Å². The Bertz CT molecular complexity index is 893. The van der Waals surface area contributed by atoms with E-state index < -0.39 is 0 Å². The maximum absolute atomic E-state index is 12.4. The molecular formula is C18H16N2O2. The largest absolute Gasteiger partial charge is 0.440 e. The van der Waals surface area contributed by atoms with Crippen molar-refractivity contribution in [3.63, 3.8) is 0 Å². The van der Waals surface area contributed by atoms with Crippen LogP contribution in [-0.4, -0.2) is 6.21 Å². The van der Waals surface area contributed by atoms with E-state index in [1.807, 2.05) is 31.2 Å². The van der Waals surface area contributed by atoms with E-state index >= 15 is 0 Å². The van der Waals surface area contributed by atoms with Crippen LogP contribution in [0.25, 0.3) is 11.0 Å². The molecule has 1 aromatic heterocycles. The van der Waals surface area contributed by atoms with E-state index in [1.165, 1.54) is 11.8 Å². The molecule has 22 heavy (non-hydrogen) atoms. The molecular weight excluding hydrogens is 276 g/mol. The number of fused-ring (bicyclic) bond motifs is 1. The number of hydrogen-bond donors (Lipinski definition) is 1. The van der Waals surface area contributed by atoms with Crippen LogP contribution in [0.3, 0.4) is 0 Å². The van der Waals surface area contributed by atoms with E-state index in [9.17, 15) is 4.79 Å². The molecule has 1 heterocycles. The summed E-state index contributed by atoms with van der Waals surface area (Å²) in [5.74, 6) is 0.0938. The summed E-state index contributed by atoms with van der Waals surface area (Å²) in [6, 6.07) is 15.1. The lowest BCUT2D eigenvalue weighted by Crippen LogP contribution is -2.12. The molecule has 0 amide bonds. The van der Waals surface area contributed by atoms with Crippen molar-refractivity contribution in [3.05, 3.63) is 75.4 Å². The predicted molar refractivity (Wildman–Crippen MR) is 89.4 cm³/mol. The third kappa shape index (κ3) is 2.76. The number of nitrogens with two attached hydrogens (primary N) is 1. The van der Waals surface area contributed by atoms with Gasteiger partial charge < -0.3 is 10.2 Å². The summed E-state index contributed by atoms with van der Waals surface area (Å²) in [6.45, 7) is 2.53. The van der Waals surface area contributed by atoms with Crippen molar-refractivity contribution in [2.75, 3.05) is 5.73 Å². The molecule has 4 heteroatoms. The van der Waals surface area contributed by atoms with Crippen LogP contribution in [-0.2, 0) is 6.54 Å². The smallest absolute Gasteiger partial charge is 0.203 e. The average Bonchev–Trinajstić information content (AvgIpc) is 2.52. The average molecular weight is 292 g/mol. The summed E-state index contributed by atoms with van der Waals surface area (Å²) >= 11 is 0. The Hall–Kier alpha value is -2.88. The van der Waals surface area contributed by atoms with E-state index in [4.69, 9.17) is 10.2 Å². The number of para-hydroxylation sites is 1. The molecule has 0 saturated heterocycles. The zero-order valence-electron chi connectivity index (χ0n) is 12.2. The van der Waals surface area contributed by atoms with Gasteiger partial charge in [0.15, 0.2) is 0 Å². The monoisotopic (exact) mass is 292 g/mol.